The van der Waals surface area contributed by atoms with Gasteiger partial charge in [-0.2, -0.15) is 0 Å². The van der Waals surface area contributed by atoms with Gasteiger partial charge in [0.2, 0.25) is 5.91 Å². The van der Waals surface area contributed by atoms with Gasteiger partial charge in [-0.25, -0.2) is 0 Å². The van der Waals surface area contributed by atoms with Gasteiger partial charge in [-0.3, -0.25) is 9.59 Å². The number of amides is 2. The van der Waals surface area contributed by atoms with Crippen LogP contribution in [0.15, 0.2) is 48.5 Å². The molecular formula is C25H33N3O2S. The van der Waals surface area contributed by atoms with Crippen molar-refractivity contribution in [1.82, 2.24) is 10.6 Å². The first kappa shape index (κ1) is 24.5. The Morgan fingerprint density at radius 2 is 1.55 bits per heavy atom. The third-order valence-electron chi connectivity index (χ3n) is 5.15. The minimum Gasteiger partial charge on any atom is -0.350 e. The lowest BCUT2D eigenvalue weighted by Gasteiger charge is -2.15. The summed E-state index contributed by atoms with van der Waals surface area (Å²) in [6.45, 7) is 10.2. The molecular weight excluding hydrogens is 406 g/mol. The molecule has 0 aliphatic carbocycles. The van der Waals surface area contributed by atoms with Crippen LogP contribution in [-0.4, -0.2) is 23.0 Å². The average Bonchev–Trinajstić information content (AvgIpc) is 2.73. The summed E-state index contributed by atoms with van der Waals surface area (Å²) in [7, 11) is 0. The Morgan fingerprint density at radius 3 is 2.10 bits per heavy atom. The van der Waals surface area contributed by atoms with Crippen LogP contribution in [0, 0.1) is 5.92 Å². The Labute approximate surface area is 191 Å². The van der Waals surface area contributed by atoms with Crippen molar-refractivity contribution in [3.8, 4) is 0 Å². The molecule has 0 spiro atoms. The highest BCUT2D eigenvalue weighted by Crippen LogP contribution is 2.18. The Morgan fingerprint density at radius 1 is 0.935 bits per heavy atom. The number of carbonyl (C=O) groups excluding carboxylic acids is 2. The molecule has 2 atom stereocenters. The van der Waals surface area contributed by atoms with Crippen LogP contribution in [0.4, 0.5) is 5.69 Å². The molecule has 0 heterocycles. The van der Waals surface area contributed by atoms with Crippen molar-refractivity contribution >= 4 is 34.8 Å². The van der Waals surface area contributed by atoms with Gasteiger partial charge in [-0.15, -0.1) is 0 Å². The summed E-state index contributed by atoms with van der Waals surface area (Å²) in [5.41, 5.74) is 3.50. The maximum atomic E-state index is 12.6. The van der Waals surface area contributed by atoms with Crippen LogP contribution >= 0.6 is 12.2 Å². The number of hydrogen-bond acceptors (Lipinski definition) is 3. The predicted molar refractivity (Wildman–Crippen MR) is 131 cm³/mol. The highest BCUT2D eigenvalue weighted by molar-refractivity contribution is 7.80. The minimum atomic E-state index is -0.320. The molecule has 166 valence electrons. The third kappa shape index (κ3) is 7.79. The molecule has 2 aromatic carbocycles. The molecule has 0 aliphatic rings. The van der Waals surface area contributed by atoms with Crippen LogP contribution in [0.25, 0.3) is 0 Å². The van der Waals surface area contributed by atoms with Gasteiger partial charge in [0.1, 0.15) is 0 Å². The number of rotatable bonds is 8. The summed E-state index contributed by atoms with van der Waals surface area (Å²) in [4.78, 5) is 24.8. The number of nitrogens with one attached hydrogen (secondary N) is 3. The van der Waals surface area contributed by atoms with Crippen molar-refractivity contribution in [2.45, 2.75) is 59.4 Å². The van der Waals surface area contributed by atoms with Crippen molar-refractivity contribution in [1.29, 1.82) is 0 Å². The Bertz CT molecular complexity index is 892. The molecule has 2 unspecified atom stereocenters. The molecule has 0 bridgehead atoms. The molecule has 2 aromatic rings. The predicted octanol–water partition coefficient (Wildman–Crippen LogP) is 5.03. The molecule has 2 amide bonds. The molecule has 0 aromatic heterocycles. The monoisotopic (exact) mass is 439 g/mol. The summed E-state index contributed by atoms with van der Waals surface area (Å²) < 4.78 is 0. The Kier molecular flexibility index (Phi) is 9.19. The van der Waals surface area contributed by atoms with Gasteiger partial charge in [0.25, 0.3) is 5.91 Å². The maximum Gasteiger partial charge on any atom is 0.251 e. The molecule has 0 saturated carbocycles. The molecule has 0 saturated heterocycles. The van der Waals surface area contributed by atoms with E-state index in [1.807, 2.05) is 32.9 Å². The van der Waals surface area contributed by atoms with Gasteiger partial charge in [-0.05, 0) is 80.2 Å². The van der Waals surface area contributed by atoms with Gasteiger partial charge in [0.15, 0.2) is 5.11 Å². The molecule has 6 heteroatoms. The fourth-order valence-corrected chi connectivity index (χ4v) is 3.28. The topological polar surface area (TPSA) is 70.2 Å². The van der Waals surface area contributed by atoms with Crippen molar-refractivity contribution in [2.24, 2.45) is 5.92 Å². The smallest absolute Gasteiger partial charge is 0.251 e. The lowest BCUT2D eigenvalue weighted by atomic mass is 9.96. The second-order valence-corrected chi connectivity index (χ2v) is 8.77. The Balaban J connectivity index is 1.90. The van der Waals surface area contributed by atoms with Crippen molar-refractivity contribution in [3.05, 3.63) is 65.2 Å². The van der Waals surface area contributed by atoms with Crippen molar-refractivity contribution < 1.29 is 9.59 Å². The highest BCUT2D eigenvalue weighted by atomic mass is 32.1. The molecule has 31 heavy (non-hydrogen) atoms. The quantitative estimate of drug-likeness (QED) is 0.505. The zero-order chi connectivity index (χ0) is 23.0. The standard InChI is InChI=1S/C25H33N3O2S/c1-6-17(4)26-24(30)21-11-13-22(14-12-21)27-25(31)28-23(29)18(5)20-9-7-19(8-10-20)15-16(2)3/h7-14,16-18H,6,15H2,1-5H3,(H,26,30)(H2,27,28,29,31). The molecule has 5 nitrogen and oxygen atoms in total. The van der Waals surface area contributed by atoms with Crippen molar-refractivity contribution in [2.75, 3.05) is 5.32 Å². The molecule has 0 aliphatic heterocycles. The van der Waals surface area contributed by atoms with Gasteiger partial charge in [0.05, 0.1) is 5.92 Å². The molecule has 0 fully saturated rings. The first-order valence-corrected chi connectivity index (χ1v) is 11.2. The number of benzene rings is 2. The van der Waals surface area contributed by atoms with E-state index >= 15 is 0 Å². The summed E-state index contributed by atoms with van der Waals surface area (Å²) in [6, 6.07) is 15.3. The third-order valence-corrected chi connectivity index (χ3v) is 5.35. The molecule has 3 N–H and O–H groups in total. The van der Waals surface area contributed by atoms with Crippen LogP contribution < -0.4 is 16.0 Å². The summed E-state index contributed by atoms with van der Waals surface area (Å²) in [6.07, 6.45) is 1.90. The minimum absolute atomic E-state index is 0.106. The van der Waals surface area contributed by atoms with Crippen LogP contribution in [0.1, 0.15) is 68.4 Å². The normalized spacial score (nSPS) is 12.7. The molecule has 2 rings (SSSR count). The van der Waals surface area contributed by atoms with E-state index in [9.17, 15) is 9.59 Å². The zero-order valence-corrected chi connectivity index (χ0v) is 19.8. The fourth-order valence-electron chi connectivity index (χ4n) is 3.06. The number of carbonyl (C=O) groups is 2. The first-order valence-electron chi connectivity index (χ1n) is 10.8. The SMILES string of the molecule is CCC(C)NC(=O)c1ccc(NC(=S)NC(=O)C(C)c2ccc(CC(C)C)cc2)cc1. The summed E-state index contributed by atoms with van der Waals surface area (Å²) >= 11 is 5.28. The second kappa shape index (κ2) is 11.6. The first-order chi connectivity index (χ1) is 14.7. The largest absolute Gasteiger partial charge is 0.350 e. The van der Waals surface area contributed by atoms with Crippen LogP contribution in [0.5, 0.6) is 0 Å². The maximum absolute atomic E-state index is 12.6. The van der Waals surface area contributed by atoms with E-state index in [0.29, 0.717) is 17.2 Å². The van der Waals surface area contributed by atoms with E-state index in [0.717, 1.165) is 18.4 Å². The fraction of sp³-hybridized carbons (Fsp3) is 0.400. The average molecular weight is 440 g/mol. The van der Waals surface area contributed by atoms with E-state index in [1.165, 1.54) is 5.56 Å². The number of hydrogen-bond donors (Lipinski definition) is 3. The van der Waals surface area contributed by atoms with Gasteiger partial charge >= 0.3 is 0 Å². The van der Waals surface area contributed by atoms with Crippen LogP contribution in [0.3, 0.4) is 0 Å². The molecule has 0 radical (unpaired) electrons. The Hall–Kier alpha value is -2.73. The van der Waals surface area contributed by atoms with Crippen LogP contribution in [-0.2, 0) is 11.2 Å². The van der Waals surface area contributed by atoms with E-state index in [2.05, 4.69) is 41.9 Å². The van der Waals surface area contributed by atoms with Gasteiger partial charge in [0, 0.05) is 17.3 Å². The number of anilines is 1. The van der Waals surface area contributed by atoms with Crippen LogP contribution in [0.2, 0.25) is 0 Å². The van der Waals surface area contributed by atoms with Crippen molar-refractivity contribution in [3.63, 3.8) is 0 Å². The van der Waals surface area contributed by atoms with E-state index in [-0.39, 0.29) is 28.9 Å². The van der Waals surface area contributed by atoms with Gasteiger partial charge in [-0.1, -0.05) is 45.0 Å². The van der Waals surface area contributed by atoms with E-state index in [1.54, 1.807) is 24.3 Å². The highest BCUT2D eigenvalue weighted by Gasteiger charge is 2.17. The zero-order valence-electron chi connectivity index (χ0n) is 19.0. The summed E-state index contributed by atoms with van der Waals surface area (Å²) in [5.74, 6) is 0.00141. The van der Waals surface area contributed by atoms with E-state index in [4.69, 9.17) is 12.2 Å². The lowest BCUT2D eigenvalue weighted by molar-refractivity contribution is -0.120. The lowest BCUT2D eigenvalue weighted by Crippen LogP contribution is -2.36. The van der Waals surface area contributed by atoms with E-state index < -0.39 is 0 Å². The second-order valence-electron chi connectivity index (χ2n) is 8.36. The summed E-state index contributed by atoms with van der Waals surface area (Å²) in [5, 5.41) is 8.90. The van der Waals surface area contributed by atoms with Gasteiger partial charge < -0.3 is 16.0 Å². The number of thiocarbonyl (C=S) groups is 1.